The van der Waals surface area contributed by atoms with Crippen molar-refractivity contribution >= 4 is 11.6 Å². The Balaban J connectivity index is 1.85. The zero-order valence-corrected chi connectivity index (χ0v) is 14.4. The summed E-state index contributed by atoms with van der Waals surface area (Å²) in [6.45, 7) is 5.22. The Morgan fingerprint density at radius 1 is 1.16 bits per heavy atom. The number of carbonyl (C=O) groups excluding carboxylic acids is 1. The molecule has 0 bridgehead atoms. The lowest BCUT2D eigenvalue weighted by molar-refractivity contribution is -0.119. The van der Waals surface area contributed by atoms with Crippen LogP contribution < -0.4 is 9.64 Å². The van der Waals surface area contributed by atoms with Crippen LogP contribution in [0.1, 0.15) is 0 Å². The predicted molar refractivity (Wildman–Crippen MR) is 98.4 cm³/mol. The zero-order chi connectivity index (χ0) is 18.1. The molecule has 4 nitrogen and oxygen atoms in total. The highest BCUT2D eigenvalue weighted by Crippen LogP contribution is 2.15. The molecule has 0 heterocycles. The molecule has 0 spiro atoms. The first kappa shape index (κ1) is 18.7. The quantitative estimate of drug-likeness (QED) is 0.655. The number of hydrogen-bond donors (Lipinski definition) is 0. The molecule has 2 aromatic carbocycles. The van der Waals surface area contributed by atoms with Gasteiger partial charge in [-0.2, -0.15) is 0 Å². The Hall–Kier alpha value is -2.66. The molecule has 0 radical (unpaired) electrons. The number of anilines is 1. The van der Waals surface area contributed by atoms with Gasteiger partial charge in [0.2, 0.25) is 5.91 Å². The standard InChI is InChI=1S/C20H23FN2O2/c1-3-13-23(17-9-5-4-6-10-17)20(24)16-22(2)14-15-25-19-12-8-7-11-18(19)21/h3-12H,1,13-16H2,2H3. The van der Waals surface area contributed by atoms with E-state index in [1.807, 2.05) is 42.3 Å². The maximum absolute atomic E-state index is 13.5. The molecule has 0 aliphatic heterocycles. The van der Waals surface area contributed by atoms with Crippen molar-refractivity contribution < 1.29 is 13.9 Å². The van der Waals surface area contributed by atoms with Gasteiger partial charge in [-0.1, -0.05) is 36.4 Å². The summed E-state index contributed by atoms with van der Waals surface area (Å²) in [6.07, 6.45) is 1.70. The third kappa shape index (κ3) is 5.72. The summed E-state index contributed by atoms with van der Waals surface area (Å²) in [7, 11) is 1.83. The van der Waals surface area contributed by atoms with Crippen LogP contribution in [0.4, 0.5) is 10.1 Å². The van der Waals surface area contributed by atoms with Gasteiger partial charge < -0.3 is 9.64 Å². The lowest BCUT2D eigenvalue weighted by Gasteiger charge is -2.24. The number of nitrogens with zero attached hydrogens (tertiary/aromatic N) is 2. The normalized spacial score (nSPS) is 10.5. The monoisotopic (exact) mass is 342 g/mol. The van der Waals surface area contributed by atoms with Crippen LogP contribution in [0, 0.1) is 5.82 Å². The minimum Gasteiger partial charge on any atom is -0.489 e. The van der Waals surface area contributed by atoms with Crippen molar-refractivity contribution in [1.29, 1.82) is 0 Å². The van der Waals surface area contributed by atoms with E-state index in [1.165, 1.54) is 6.07 Å². The average Bonchev–Trinajstić information content (AvgIpc) is 2.62. The minimum absolute atomic E-state index is 0.0282. The van der Waals surface area contributed by atoms with Crippen LogP contribution in [0.2, 0.25) is 0 Å². The first-order valence-corrected chi connectivity index (χ1v) is 8.14. The van der Waals surface area contributed by atoms with E-state index in [2.05, 4.69) is 6.58 Å². The number of ether oxygens (including phenoxy) is 1. The van der Waals surface area contributed by atoms with E-state index >= 15 is 0 Å². The highest BCUT2D eigenvalue weighted by molar-refractivity contribution is 5.95. The lowest BCUT2D eigenvalue weighted by atomic mass is 10.2. The fraction of sp³-hybridized carbons (Fsp3) is 0.250. The fourth-order valence-corrected chi connectivity index (χ4v) is 2.36. The molecule has 0 aliphatic carbocycles. The summed E-state index contributed by atoms with van der Waals surface area (Å²) < 4.78 is 18.9. The summed E-state index contributed by atoms with van der Waals surface area (Å²) in [6, 6.07) is 15.8. The van der Waals surface area contributed by atoms with Crippen LogP contribution in [0.3, 0.4) is 0 Å². The molecular formula is C20H23FN2O2. The molecule has 0 saturated heterocycles. The third-order valence-corrected chi connectivity index (χ3v) is 3.65. The van der Waals surface area contributed by atoms with Gasteiger partial charge in [-0.25, -0.2) is 4.39 Å². The summed E-state index contributed by atoms with van der Waals surface area (Å²) in [5.41, 5.74) is 0.836. The van der Waals surface area contributed by atoms with Crippen molar-refractivity contribution in [2.75, 3.05) is 38.2 Å². The van der Waals surface area contributed by atoms with E-state index in [0.29, 0.717) is 19.7 Å². The Morgan fingerprint density at radius 3 is 2.52 bits per heavy atom. The molecule has 2 rings (SSSR count). The highest BCUT2D eigenvalue weighted by atomic mass is 19.1. The first-order valence-electron chi connectivity index (χ1n) is 8.14. The van der Waals surface area contributed by atoms with Gasteiger partial charge in [-0.15, -0.1) is 6.58 Å². The van der Waals surface area contributed by atoms with Gasteiger partial charge in [0, 0.05) is 18.8 Å². The number of para-hydroxylation sites is 2. The molecule has 132 valence electrons. The van der Waals surface area contributed by atoms with Crippen molar-refractivity contribution in [1.82, 2.24) is 4.90 Å². The van der Waals surface area contributed by atoms with Crippen molar-refractivity contribution in [2.45, 2.75) is 0 Å². The average molecular weight is 342 g/mol. The van der Waals surface area contributed by atoms with Crippen molar-refractivity contribution in [2.24, 2.45) is 0 Å². The summed E-state index contributed by atoms with van der Waals surface area (Å²) in [5, 5.41) is 0. The fourth-order valence-electron chi connectivity index (χ4n) is 2.36. The topological polar surface area (TPSA) is 32.8 Å². The van der Waals surface area contributed by atoms with E-state index < -0.39 is 0 Å². The summed E-state index contributed by atoms with van der Waals surface area (Å²) in [4.78, 5) is 16.1. The van der Waals surface area contributed by atoms with Crippen LogP contribution in [-0.2, 0) is 4.79 Å². The van der Waals surface area contributed by atoms with Crippen molar-refractivity contribution in [3.63, 3.8) is 0 Å². The van der Waals surface area contributed by atoms with Crippen LogP contribution in [0.5, 0.6) is 5.75 Å². The van der Waals surface area contributed by atoms with Gasteiger partial charge in [-0.05, 0) is 31.3 Å². The molecule has 0 saturated carbocycles. The van der Waals surface area contributed by atoms with Gasteiger partial charge in [0.1, 0.15) is 6.61 Å². The smallest absolute Gasteiger partial charge is 0.241 e. The summed E-state index contributed by atoms with van der Waals surface area (Å²) >= 11 is 0. The van der Waals surface area contributed by atoms with Crippen LogP contribution in [0.15, 0.2) is 67.3 Å². The number of amides is 1. The third-order valence-electron chi connectivity index (χ3n) is 3.65. The molecule has 0 fully saturated rings. The molecule has 0 atom stereocenters. The molecule has 1 amide bonds. The molecule has 25 heavy (non-hydrogen) atoms. The molecule has 0 unspecified atom stereocenters. The molecule has 0 N–H and O–H groups in total. The lowest BCUT2D eigenvalue weighted by Crippen LogP contribution is -2.40. The Labute approximate surface area is 148 Å². The number of likely N-dealkylation sites (N-methyl/N-ethyl adjacent to an activating group) is 1. The second-order valence-electron chi connectivity index (χ2n) is 5.65. The van der Waals surface area contributed by atoms with Gasteiger partial charge in [-0.3, -0.25) is 9.69 Å². The Bertz CT molecular complexity index is 691. The van der Waals surface area contributed by atoms with Crippen molar-refractivity contribution in [3.8, 4) is 5.75 Å². The van der Waals surface area contributed by atoms with Gasteiger partial charge >= 0.3 is 0 Å². The van der Waals surface area contributed by atoms with Crippen LogP contribution in [0.25, 0.3) is 0 Å². The van der Waals surface area contributed by atoms with E-state index in [-0.39, 0.29) is 24.0 Å². The largest absolute Gasteiger partial charge is 0.489 e. The SMILES string of the molecule is C=CCN(C(=O)CN(C)CCOc1ccccc1F)c1ccccc1. The predicted octanol–water partition coefficient (Wildman–Crippen LogP) is 3.36. The first-order chi connectivity index (χ1) is 12.1. The zero-order valence-electron chi connectivity index (χ0n) is 14.4. The van der Waals surface area contributed by atoms with Gasteiger partial charge in [0.25, 0.3) is 0 Å². The number of hydrogen-bond acceptors (Lipinski definition) is 3. The Morgan fingerprint density at radius 2 is 1.84 bits per heavy atom. The molecule has 2 aromatic rings. The molecule has 0 aliphatic rings. The van der Waals surface area contributed by atoms with E-state index in [0.717, 1.165) is 5.69 Å². The highest BCUT2D eigenvalue weighted by Gasteiger charge is 2.16. The van der Waals surface area contributed by atoms with Gasteiger partial charge in [0.05, 0.1) is 6.54 Å². The van der Waals surface area contributed by atoms with E-state index in [4.69, 9.17) is 4.74 Å². The van der Waals surface area contributed by atoms with E-state index in [1.54, 1.807) is 29.2 Å². The molecular weight excluding hydrogens is 319 g/mol. The maximum atomic E-state index is 13.5. The second-order valence-corrected chi connectivity index (χ2v) is 5.65. The van der Waals surface area contributed by atoms with Crippen LogP contribution >= 0.6 is 0 Å². The molecule has 5 heteroatoms. The van der Waals surface area contributed by atoms with Crippen LogP contribution in [-0.4, -0.2) is 44.1 Å². The number of rotatable bonds is 9. The number of halogens is 1. The summed E-state index contributed by atoms with van der Waals surface area (Å²) in [5.74, 6) is -0.193. The van der Waals surface area contributed by atoms with Gasteiger partial charge in [0.15, 0.2) is 11.6 Å². The molecule has 0 aromatic heterocycles. The number of carbonyl (C=O) groups is 1. The number of benzene rings is 2. The minimum atomic E-state index is -0.387. The van der Waals surface area contributed by atoms with Crippen molar-refractivity contribution in [3.05, 3.63) is 73.1 Å². The van der Waals surface area contributed by atoms with E-state index in [9.17, 15) is 9.18 Å². The second kappa shape index (κ2) is 9.59. The maximum Gasteiger partial charge on any atom is 0.241 e. The Kier molecular flexibility index (Phi) is 7.16.